The van der Waals surface area contributed by atoms with Crippen LogP contribution >= 0.6 is 12.6 Å². The summed E-state index contributed by atoms with van der Waals surface area (Å²) in [6, 6.07) is -2.51. The molecule has 4 N–H and O–H groups in total. The molecule has 0 aromatic carbocycles. The molecule has 21 heavy (non-hydrogen) atoms. The molecule has 0 aliphatic rings. The highest BCUT2D eigenvalue weighted by Crippen LogP contribution is 1.97. The standard InChI is InChI=1S/C12H22N2O6S/c1-3-4-5-20-12(19)13-8(6-21)10(16)14-9(7(2)15)11(17)18/h7-9,15,21H,3-6H2,1-2H3,(H,13,19)(H,14,16)(H,17,18)/t7-,8+,9+/m1/s1. The van der Waals surface area contributed by atoms with Crippen LogP contribution in [0.1, 0.15) is 26.7 Å². The van der Waals surface area contributed by atoms with E-state index in [2.05, 4.69) is 23.3 Å². The molecule has 0 bridgehead atoms. The van der Waals surface area contributed by atoms with E-state index in [0.717, 1.165) is 6.42 Å². The highest BCUT2D eigenvalue weighted by Gasteiger charge is 2.29. The van der Waals surface area contributed by atoms with E-state index in [0.29, 0.717) is 6.42 Å². The molecule has 2 amide bonds. The molecule has 9 heteroatoms. The maximum Gasteiger partial charge on any atom is 0.407 e. The molecule has 0 unspecified atom stereocenters. The van der Waals surface area contributed by atoms with Crippen LogP contribution in [0.5, 0.6) is 0 Å². The second-order valence-corrected chi connectivity index (χ2v) is 4.80. The van der Waals surface area contributed by atoms with E-state index in [4.69, 9.17) is 9.84 Å². The number of carboxylic acids is 1. The first-order chi connectivity index (χ1) is 9.83. The van der Waals surface area contributed by atoms with Crippen LogP contribution < -0.4 is 10.6 Å². The number of amides is 2. The number of carboxylic acid groups (broad SMARTS) is 1. The Hall–Kier alpha value is -1.48. The minimum atomic E-state index is -1.46. The van der Waals surface area contributed by atoms with Crippen LogP contribution in [0.2, 0.25) is 0 Å². The first-order valence-corrected chi connectivity index (χ1v) is 7.22. The third kappa shape index (κ3) is 7.76. The van der Waals surface area contributed by atoms with Gasteiger partial charge in [-0.15, -0.1) is 0 Å². The molecule has 122 valence electrons. The molecule has 0 saturated carbocycles. The molecule has 0 aromatic rings. The molecule has 0 aliphatic heterocycles. The number of aliphatic carboxylic acids is 1. The molecule has 0 radical (unpaired) electrons. The Balaban J connectivity index is 4.47. The van der Waals surface area contributed by atoms with Crippen LogP contribution in [-0.4, -0.2) is 58.7 Å². The summed E-state index contributed by atoms with van der Waals surface area (Å²) in [6.45, 7) is 3.41. The number of rotatable bonds is 9. The number of hydrogen-bond donors (Lipinski definition) is 5. The van der Waals surface area contributed by atoms with E-state index in [9.17, 15) is 19.5 Å². The van der Waals surface area contributed by atoms with Gasteiger partial charge in [0.1, 0.15) is 6.04 Å². The lowest BCUT2D eigenvalue weighted by molar-refractivity contribution is -0.145. The SMILES string of the molecule is CCCCOC(=O)N[C@@H](CS)C(=O)N[C@H](C(=O)O)[C@@H](C)O. The smallest absolute Gasteiger partial charge is 0.407 e. The fourth-order valence-corrected chi connectivity index (χ4v) is 1.59. The number of carbonyl (C=O) groups excluding carboxylic acids is 2. The fourth-order valence-electron chi connectivity index (χ4n) is 1.33. The number of thiol groups is 1. The van der Waals surface area contributed by atoms with E-state index >= 15 is 0 Å². The van der Waals surface area contributed by atoms with Gasteiger partial charge in [-0.3, -0.25) is 4.79 Å². The molecular formula is C12H22N2O6S. The van der Waals surface area contributed by atoms with Gasteiger partial charge in [-0.1, -0.05) is 13.3 Å². The van der Waals surface area contributed by atoms with Gasteiger partial charge in [-0.25, -0.2) is 9.59 Å². The van der Waals surface area contributed by atoms with Crippen molar-refractivity contribution < 1.29 is 29.3 Å². The molecule has 0 fully saturated rings. The zero-order valence-electron chi connectivity index (χ0n) is 12.0. The van der Waals surface area contributed by atoms with Crippen molar-refractivity contribution in [3.63, 3.8) is 0 Å². The van der Waals surface area contributed by atoms with E-state index in [1.165, 1.54) is 6.92 Å². The molecule has 0 heterocycles. The Kier molecular flexibility index (Phi) is 9.55. The molecule has 3 atom stereocenters. The lowest BCUT2D eigenvalue weighted by Crippen LogP contribution is -2.55. The third-order valence-corrected chi connectivity index (χ3v) is 2.93. The summed E-state index contributed by atoms with van der Waals surface area (Å²) >= 11 is 3.92. The zero-order chi connectivity index (χ0) is 16.4. The number of carbonyl (C=O) groups is 3. The van der Waals surface area contributed by atoms with Crippen molar-refractivity contribution in [1.82, 2.24) is 10.6 Å². The van der Waals surface area contributed by atoms with Gasteiger partial charge in [0.15, 0.2) is 6.04 Å². The van der Waals surface area contributed by atoms with E-state index < -0.39 is 36.2 Å². The number of unbranched alkanes of at least 4 members (excludes halogenated alkanes) is 1. The molecule has 0 spiro atoms. The maximum atomic E-state index is 11.9. The van der Waals surface area contributed by atoms with Gasteiger partial charge >= 0.3 is 12.1 Å². The van der Waals surface area contributed by atoms with Crippen molar-refractivity contribution in [2.75, 3.05) is 12.4 Å². The van der Waals surface area contributed by atoms with Gasteiger partial charge in [-0.05, 0) is 13.3 Å². The van der Waals surface area contributed by atoms with Crippen molar-refractivity contribution in [3.8, 4) is 0 Å². The Labute approximate surface area is 128 Å². The predicted octanol–water partition coefficient (Wildman–Crippen LogP) is -0.239. The first-order valence-electron chi connectivity index (χ1n) is 6.58. The second-order valence-electron chi connectivity index (χ2n) is 4.43. The summed E-state index contributed by atoms with van der Waals surface area (Å²) in [6.07, 6.45) is -0.489. The molecule has 0 aliphatic carbocycles. The van der Waals surface area contributed by atoms with Gasteiger partial charge in [0.2, 0.25) is 5.91 Å². The van der Waals surface area contributed by atoms with Crippen LogP contribution in [-0.2, 0) is 14.3 Å². The summed E-state index contributed by atoms with van der Waals surface area (Å²) in [4.78, 5) is 34.2. The third-order valence-electron chi connectivity index (χ3n) is 2.57. The Morgan fingerprint density at radius 3 is 2.33 bits per heavy atom. The number of aliphatic hydroxyl groups is 1. The summed E-state index contributed by atoms with van der Waals surface area (Å²) in [5, 5.41) is 22.6. The van der Waals surface area contributed by atoms with Gasteiger partial charge < -0.3 is 25.6 Å². The average Bonchev–Trinajstić information content (AvgIpc) is 2.41. The van der Waals surface area contributed by atoms with Crippen LogP contribution in [0, 0.1) is 0 Å². The number of nitrogens with one attached hydrogen (secondary N) is 2. The number of ether oxygens (including phenoxy) is 1. The number of alkyl carbamates (subject to hydrolysis) is 1. The lowest BCUT2D eigenvalue weighted by atomic mass is 10.1. The second kappa shape index (κ2) is 10.3. The van der Waals surface area contributed by atoms with Crippen LogP contribution in [0.15, 0.2) is 0 Å². The normalized spacial score (nSPS) is 14.7. The molecule has 0 rings (SSSR count). The Bertz CT molecular complexity index is 364. The topological polar surface area (TPSA) is 125 Å². The molecule has 0 aromatic heterocycles. The maximum absolute atomic E-state index is 11.9. The highest BCUT2D eigenvalue weighted by atomic mass is 32.1. The minimum Gasteiger partial charge on any atom is -0.480 e. The minimum absolute atomic E-state index is 0.0408. The van der Waals surface area contributed by atoms with Gasteiger partial charge in [0.25, 0.3) is 0 Å². The van der Waals surface area contributed by atoms with Crippen molar-refractivity contribution in [1.29, 1.82) is 0 Å². The summed E-state index contributed by atoms with van der Waals surface area (Å²) in [5.41, 5.74) is 0. The van der Waals surface area contributed by atoms with Crippen molar-refractivity contribution in [2.45, 2.75) is 44.9 Å². The lowest BCUT2D eigenvalue weighted by Gasteiger charge is -2.21. The summed E-state index contributed by atoms with van der Waals surface area (Å²) in [5.74, 6) is -2.17. The highest BCUT2D eigenvalue weighted by molar-refractivity contribution is 7.80. The predicted molar refractivity (Wildman–Crippen MR) is 78.3 cm³/mol. The number of aliphatic hydroxyl groups excluding tert-OH is 1. The molecular weight excluding hydrogens is 300 g/mol. The zero-order valence-corrected chi connectivity index (χ0v) is 12.9. The monoisotopic (exact) mass is 322 g/mol. The van der Waals surface area contributed by atoms with Crippen molar-refractivity contribution in [2.24, 2.45) is 0 Å². The Morgan fingerprint density at radius 1 is 1.29 bits per heavy atom. The van der Waals surface area contributed by atoms with E-state index in [1.54, 1.807) is 0 Å². The largest absolute Gasteiger partial charge is 0.480 e. The summed E-state index contributed by atoms with van der Waals surface area (Å²) < 4.78 is 4.84. The van der Waals surface area contributed by atoms with Crippen LogP contribution in [0.3, 0.4) is 0 Å². The van der Waals surface area contributed by atoms with Crippen LogP contribution in [0.4, 0.5) is 4.79 Å². The Morgan fingerprint density at radius 2 is 1.90 bits per heavy atom. The van der Waals surface area contributed by atoms with Gasteiger partial charge in [-0.2, -0.15) is 12.6 Å². The van der Waals surface area contributed by atoms with E-state index in [1.807, 2.05) is 6.92 Å². The quantitative estimate of drug-likeness (QED) is 0.295. The molecule has 8 nitrogen and oxygen atoms in total. The average molecular weight is 322 g/mol. The molecule has 0 saturated heterocycles. The first kappa shape index (κ1) is 19.5. The van der Waals surface area contributed by atoms with Crippen LogP contribution in [0.25, 0.3) is 0 Å². The van der Waals surface area contributed by atoms with Gasteiger partial charge in [0, 0.05) is 5.75 Å². The van der Waals surface area contributed by atoms with E-state index in [-0.39, 0.29) is 12.4 Å². The van der Waals surface area contributed by atoms with Crippen molar-refractivity contribution >= 4 is 30.6 Å². The van der Waals surface area contributed by atoms with Gasteiger partial charge in [0.05, 0.1) is 12.7 Å². The number of hydrogen-bond acceptors (Lipinski definition) is 6. The fraction of sp³-hybridized carbons (Fsp3) is 0.750. The van der Waals surface area contributed by atoms with Crippen molar-refractivity contribution in [3.05, 3.63) is 0 Å². The summed E-state index contributed by atoms with van der Waals surface area (Å²) in [7, 11) is 0.